The third-order valence-electron chi connectivity index (χ3n) is 4.02. The third-order valence-corrected chi connectivity index (χ3v) is 5.70. The number of halogens is 1. The molecule has 0 aliphatic carbocycles. The second-order valence-corrected chi connectivity index (χ2v) is 7.92. The van der Waals surface area contributed by atoms with Crippen LogP contribution in [0.25, 0.3) is 0 Å². The molecule has 2 N–H and O–H groups in total. The van der Waals surface area contributed by atoms with Crippen molar-refractivity contribution >= 4 is 33.3 Å². The van der Waals surface area contributed by atoms with Gasteiger partial charge in [0.2, 0.25) is 15.9 Å². The van der Waals surface area contributed by atoms with Crippen LogP contribution in [0, 0.1) is 0 Å². The summed E-state index contributed by atoms with van der Waals surface area (Å²) < 4.78 is 25.1. The molecule has 2 rings (SSSR count). The Bertz CT molecular complexity index is 687. The molecule has 9 heteroatoms. The molecule has 1 aromatic rings. The van der Waals surface area contributed by atoms with Gasteiger partial charge in [0.1, 0.15) is 5.82 Å². The summed E-state index contributed by atoms with van der Waals surface area (Å²) in [5.74, 6) is 0.0221. The second kappa shape index (κ2) is 7.02. The molecule has 1 fully saturated rings. The maximum absolute atomic E-state index is 11.8. The van der Waals surface area contributed by atoms with Crippen molar-refractivity contribution < 1.29 is 13.2 Å². The minimum Gasteiger partial charge on any atom is -0.366 e. The Labute approximate surface area is 141 Å². The van der Waals surface area contributed by atoms with Gasteiger partial charge in [-0.25, -0.2) is 13.4 Å². The zero-order valence-electron chi connectivity index (χ0n) is 13.2. The Balaban J connectivity index is 2.09. The van der Waals surface area contributed by atoms with Gasteiger partial charge in [-0.1, -0.05) is 18.5 Å². The number of primary amides is 1. The van der Waals surface area contributed by atoms with Crippen molar-refractivity contribution in [2.45, 2.75) is 25.8 Å². The summed E-state index contributed by atoms with van der Waals surface area (Å²) in [5, 5.41) is 0.371. The number of rotatable bonds is 5. The molecule has 0 atom stereocenters. The summed E-state index contributed by atoms with van der Waals surface area (Å²) in [4.78, 5) is 17.4. The standard InChI is InChI=1S/C14H21ClN4O3S/c1-3-19(23(2,21)22)11-4-6-18(7-5-11)14-12(15)8-10(9-17-14)13(16)20/h8-9,11H,3-7H2,1-2H3,(H2,16,20). The minimum atomic E-state index is -3.20. The van der Waals surface area contributed by atoms with E-state index in [1.54, 1.807) is 0 Å². The number of carbonyl (C=O) groups excluding carboxylic acids is 1. The van der Waals surface area contributed by atoms with Crippen LogP contribution in [0.5, 0.6) is 0 Å². The fourth-order valence-electron chi connectivity index (χ4n) is 2.93. The molecule has 0 spiro atoms. The Hall–Kier alpha value is -1.38. The van der Waals surface area contributed by atoms with E-state index in [4.69, 9.17) is 17.3 Å². The van der Waals surface area contributed by atoms with Crippen LogP contribution in [0.4, 0.5) is 5.82 Å². The average Bonchev–Trinajstić information content (AvgIpc) is 2.47. The van der Waals surface area contributed by atoms with E-state index in [0.717, 1.165) is 0 Å². The van der Waals surface area contributed by atoms with Crippen molar-refractivity contribution in [1.29, 1.82) is 0 Å². The minimum absolute atomic E-state index is 0.00471. The lowest BCUT2D eigenvalue weighted by atomic mass is 10.0. The van der Waals surface area contributed by atoms with Crippen LogP contribution in [0.1, 0.15) is 30.1 Å². The Morgan fingerprint density at radius 2 is 2.09 bits per heavy atom. The molecule has 23 heavy (non-hydrogen) atoms. The molecule has 1 aromatic heterocycles. The Morgan fingerprint density at radius 3 is 2.52 bits per heavy atom. The van der Waals surface area contributed by atoms with Crippen LogP contribution in [0.3, 0.4) is 0 Å². The van der Waals surface area contributed by atoms with Crippen molar-refractivity contribution in [3.05, 3.63) is 22.8 Å². The molecule has 1 aliphatic rings. The molecular formula is C14H21ClN4O3S. The number of nitrogens with two attached hydrogens (primary N) is 1. The first-order valence-electron chi connectivity index (χ1n) is 7.41. The largest absolute Gasteiger partial charge is 0.366 e. The number of aromatic nitrogens is 1. The third kappa shape index (κ3) is 4.13. The summed E-state index contributed by atoms with van der Waals surface area (Å²) in [6.07, 6.45) is 4.06. The second-order valence-electron chi connectivity index (χ2n) is 5.58. The van der Waals surface area contributed by atoms with Crippen molar-refractivity contribution in [3.63, 3.8) is 0 Å². The van der Waals surface area contributed by atoms with E-state index in [9.17, 15) is 13.2 Å². The van der Waals surface area contributed by atoms with Gasteiger partial charge < -0.3 is 10.6 Å². The molecule has 0 saturated carbocycles. The summed E-state index contributed by atoms with van der Waals surface area (Å²) in [6.45, 7) is 3.61. The predicted molar refractivity (Wildman–Crippen MR) is 90.2 cm³/mol. The van der Waals surface area contributed by atoms with Gasteiger partial charge in [0.25, 0.3) is 0 Å². The van der Waals surface area contributed by atoms with E-state index >= 15 is 0 Å². The lowest BCUT2D eigenvalue weighted by Gasteiger charge is -2.37. The Kier molecular flexibility index (Phi) is 5.49. The van der Waals surface area contributed by atoms with E-state index in [0.29, 0.717) is 43.3 Å². The molecular weight excluding hydrogens is 340 g/mol. The highest BCUT2D eigenvalue weighted by Crippen LogP contribution is 2.28. The molecule has 0 bridgehead atoms. The van der Waals surface area contributed by atoms with Crippen LogP contribution in [0.15, 0.2) is 12.3 Å². The molecule has 1 amide bonds. The van der Waals surface area contributed by atoms with Crippen molar-refractivity contribution in [2.24, 2.45) is 5.73 Å². The van der Waals surface area contributed by atoms with E-state index in [1.165, 1.54) is 22.8 Å². The lowest BCUT2D eigenvalue weighted by molar-refractivity contribution is 0.1000. The SMILES string of the molecule is CCN(C1CCN(c2ncc(C(N)=O)cc2Cl)CC1)S(C)(=O)=O. The van der Waals surface area contributed by atoms with E-state index < -0.39 is 15.9 Å². The van der Waals surface area contributed by atoms with Gasteiger partial charge in [0, 0.05) is 31.9 Å². The predicted octanol–water partition coefficient (Wildman–Crippen LogP) is 1.08. The summed E-state index contributed by atoms with van der Waals surface area (Å²) >= 11 is 6.19. The molecule has 128 valence electrons. The first-order valence-corrected chi connectivity index (χ1v) is 9.63. The van der Waals surface area contributed by atoms with Gasteiger partial charge in [0.05, 0.1) is 16.8 Å². The van der Waals surface area contributed by atoms with Crippen LogP contribution >= 0.6 is 11.6 Å². The normalized spacial score (nSPS) is 16.8. The number of piperidine rings is 1. The number of sulfonamides is 1. The van der Waals surface area contributed by atoms with Crippen LogP contribution in [-0.2, 0) is 10.0 Å². The molecule has 0 unspecified atom stereocenters. The maximum atomic E-state index is 11.8. The smallest absolute Gasteiger partial charge is 0.250 e. The van der Waals surface area contributed by atoms with Gasteiger partial charge >= 0.3 is 0 Å². The summed E-state index contributed by atoms with van der Waals surface area (Å²) in [5.41, 5.74) is 5.47. The number of carbonyl (C=O) groups is 1. The van der Waals surface area contributed by atoms with Gasteiger partial charge in [-0.15, -0.1) is 0 Å². The first-order chi connectivity index (χ1) is 10.7. The highest BCUT2D eigenvalue weighted by molar-refractivity contribution is 7.88. The number of nitrogens with zero attached hydrogens (tertiary/aromatic N) is 3. The van der Waals surface area contributed by atoms with Gasteiger partial charge in [-0.2, -0.15) is 4.31 Å². The average molecular weight is 361 g/mol. The molecule has 0 aromatic carbocycles. The number of amides is 1. The number of pyridine rings is 1. The molecule has 0 radical (unpaired) electrons. The zero-order valence-corrected chi connectivity index (χ0v) is 14.8. The molecule has 1 aliphatic heterocycles. The topological polar surface area (TPSA) is 96.6 Å². The quantitative estimate of drug-likeness (QED) is 0.847. The Morgan fingerprint density at radius 1 is 1.48 bits per heavy atom. The van der Waals surface area contributed by atoms with Crippen molar-refractivity contribution in [3.8, 4) is 0 Å². The van der Waals surface area contributed by atoms with Gasteiger partial charge in [-0.3, -0.25) is 4.79 Å². The highest BCUT2D eigenvalue weighted by Gasteiger charge is 2.30. The molecule has 1 saturated heterocycles. The van der Waals surface area contributed by atoms with E-state index in [1.807, 2.05) is 11.8 Å². The lowest BCUT2D eigenvalue weighted by Crippen LogP contribution is -2.47. The fraction of sp³-hybridized carbons (Fsp3) is 0.571. The molecule has 2 heterocycles. The van der Waals surface area contributed by atoms with Crippen LogP contribution in [-0.4, -0.2) is 55.5 Å². The number of anilines is 1. The number of hydrogen-bond acceptors (Lipinski definition) is 5. The zero-order chi connectivity index (χ0) is 17.2. The van der Waals surface area contributed by atoms with Crippen molar-refractivity contribution in [2.75, 3.05) is 30.8 Å². The van der Waals surface area contributed by atoms with Crippen molar-refractivity contribution in [1.82, 2.24) is 9.29 Å². The summed E-state index contributed by atoms with van der Waals surface area (Å²) in [7, 11) is -3.20. The van der Waals surface area contributed by atoms with E-state index in [2.05, 4.69) is 4.98 Å². The summed E-state index contributed by atoms with van der Waals surface area (Å²) in [6, 6.07) is 1.50. The number of hydrogen-bond donors (Lipinski definition) is 1. The molecule has 7 nitrogen and oxygen atoms in total. The fourth-order valence-corrected chi connectivity index (χ4v) is 4.43. The van der Waals surface area contributed by atoms with E-state index in [-0.39, 0.29) is 11.6 Å². The van der Waals surface area contributed by atoms with Gasteiger partial charge in [-0.05, 0) is 18.9 Å². The van der Waals surface area contributed by atoms with Gasteiger partial charge in [0.15, 0.2) is 0 Å². The maximum Gasteiger partial charge on any atom is 0.250 e. The highest BCUT2D eigenvalue weighted by atomic mass is 35.5. The van der Waals surface area contributed by atoms with Crippen LogP contribution in [0.2, 0.25) is 5.02 Å². The monoisotopic (exact) mass is 360 g/mol. The van der Waals surface area contributed by atoms with Crippen LogP contribution < -0.4 is 10.6 Å². The first kappa shape index (κ1) is 18.0.